The third-order valence-electron chi connectivity index (χ3n) is 5.12. The lowest BCUT2D eigenvalue weighted by atomic mass is 9.97. The molecular weight excluding hydrogens is 416 g/mol. The predicted octanol–water partition coefficient (Wildman–Crippen LogP) is 4.74. The third kappa shape index (κ3) is 5.06. The Kier molecular flexibility index (Phi) is 6.44. The normalized spacial score (nSPS) is 16.3. The van der Waals surface area contributed by atoms with Crippen LogP contribution in [0.1, 0.15) is 22.7 Å². The molecule has 3 heterocycles. The molecular formula is C22H24N4O2S2. The molecule has 1 aromatic carbocycles. The number of urea groups is 1. The first-order valence-corrected chi connectivity index (χ1v) is 11.7. The van der Waals surface area contributed by atoms with Crippen LogP contribution in [0.4, 0.5) is 10.5 Å². The first-order valence-electron chi connectivity index (χ1n) is 9.97. The average Bonchev–Trinajstić information content (AvgIpc) is 3.44. The van der Waals surface area contributed by atoms with Gasteiger partial charge in [0.05, 0.1) is 23.2 Å². The average molecular weight is 441 g/mol. The molecule has 1 aliphatic rings. The highest BCUT2D eigenvalue weighted by molar-refractivity contribution is 7.10. The van der Waals surface area contributed by atoms with Crippen molar-refractivity contribution in [2.75, 3.05) is 18.4 Å². The van der Waals surface area contributed by atoms with E-state index in [4.69, 9.17) is 0 Å². The maximum atomic E-state index is 12.9. The molecule has 1 aliphatic heterocycles. The minimum atomic E-state index is -0.212. The molecule has 4 rings (SSSR count). The topological polar surface area (TPSA) is 74.3 Å². The number of aromatic nitrogens is 1. The molecule has 1 atom stereocenters. The number of aryl methyl sites for hydroxylation is 1. The fourth-order valence-corrected chi connectivity index (χ4v) is 4.83. The van der Waals surface area contributed by atoms with Crippen molar-refractivity contribution in [1.82, 2.24) is 15.2 Å². The zero-order valence-electron chi connectivity index (χ0n) is 16.8. The van der Waals surface area contributed by atoms with Gasteiger partial charge in [-0.15, -0.1) is 22.7 Å². The fourth-order valence-electron chi connectivity index (χ4n) is 3.56. The minimum Gasteiger partial charge on any atom is -0.333 e. The van der Waals surface area contributed by atoms with E-state index in [0.29, 0.717) is 19.6 Å². The molecule has 0 aliphatic carbocycles. The van der Waals surface area contributed by atoms with Gasteiger partial charge in [0, 0.05) is 34.6 Å². The van der Waals surface area contributed by atoms with E-state index in [-0.39, 0.29) is 17.9 Å². The zero-order chi connectivity index (χ0) is 20.9. The second-order valence-electron chi connectivity index (χ2n) is 7.35. The molecule has 1 fully saturated rings. The standard InChI is InChI=1S/C22H24N4O2S2/c1-15-24-20(14-30-15)16-5-2-7-18(11-16)25-21(27)17-6-3-9-26(13-17)22(28)23-12-19-8-4-10-29-19/h2,4-5,7-8,10-11,14,17H,3,6,9,12-13H2,1H3,(H,23,28)(H,25,27). The zero-order valence-corrected chi connectivity index (χ0v) is 18.4. The Bertz CT molecular complexity index is 1020. The number of thiophene rings is 1. The summed E-state index contributed by atoms with van der Waals surface area (Å²) in [6, 6.07) is 11.6. The van der Waals surface area contributed by atoms with Crippen molar-refractivity contribution in [1.29, 1.82) is 0 Å². The van der Waals surface area contributed by atoms with Crippen LogP contribution in [-0.4, -0.2) is 34.9 Å². The van der Waals surface area contributed by atoms with Crippen LogP contribution in [-0.2, 0) is 11.3 Å². The molecule has 0 saturated carbocycles. The quantitative estimate of drug-likeness (QED) is 0.602. The molecule has 156 valence electrons. The summed E-state index contributed by atoms with van der Waals surface area (Å²) in [7, 11) is 0. The number of hydrogen-bond donors (Lipinski definition) is 2. The van der Waals surface area contributed by atoms with E-state index in [1.54, 1.807) is 27.6 Å². The third-order valence-corrected chi connectivity index (χ3v) is 6.77. The molecule has 3 aromatic rings. The summed E-state index contributed by atoms with van der Waals surface area (Å²) in [4.78, 5) is 32.7. The van der Waals surface area contributed by atoms with Crippen molar-refractivity contribution < 1.29 is 9.59 Å². The number of amides is 3. The molecule has 30 heavy (non-hydrogen) atoms. The second-order valence-corrected chi connectivity index (χ2v) is 9.44. The number of carbonyl (C=O) groups excluding carboxylic acids is 2. The lowest BCUT2D eigenvalue weighted by molar-refractivity contribution is -0.121. The largest absolute Gasteiger partial charge is 0.333 e. The van der Waals surface area contributed by atoms with E-state index in [9.17, 15) is 9.59 Å². The predicted molar refractivity (Wildman–Crippen MR) is 122 cm³/mol. The van der Waals surface area contributed by atoms with E-state index in [2.05, 4.69) is 15.6 Å². The van der Waals surface area contributed by atoms with Crippen molar-refractivity contribution >= 4 is 40.3 Å². The number of thiazole rings is 1. The first-order chi connectivity index (χ1) is 14.6. The summed E-state index contributed by atoms with van der Waals surface area (Å²) < 4.78 is 0. The van der Waals surface area contributed by atoms with E-state index < -0.39 is 0 Å². The van der Waals surface area contributed by atoms with Crippen LogP contribution >= 0.6 is 22.7 Å². The highest BCUT2D eigenvalue weighted by Crippen LogP contribution is 2.25. The Labute approximate surface area is 184 Å². The number of piperidine rings is 1. The Balaban J connectivity index is 1.34. The Hall–Kier alpha value is -2.71. The molecule has 1 unspecified atom stereocenters. The fraction of sp³-hybridized carbons (Fsp3) is 0.318. The van der Waals surface area contributed by atoms with Gasteiger partial charge < -0.3 is 15.5 Å². The maximum Gasteiger partial charge on any atom is 0.317 e. The maximum absolute atomic E-state index is 12.9. The lowest BCUT2D eigenvalue weighted by Gasteiger charge is -2.32. The summed E-state index contributed by atoms with van der Waals surface area (Å²) in [5.41, 5.74) is 2.65. The molecule has 2 N–H and O–H groups in total. The SMILES string of the molecule is Cc1nc(-c2cccc(NC(=O)C3CCCN(C(=O)NCc4cccs4)C3)c2)cs1. The van der Waals surface area contributed by atoms with Gasteiger partial charge in [-0.25, -0.2) is 9.78 Å². The van der Waals surface area contributed by atoms with Crippen molar-refractivity contribution in [2.24, 2.45) is 5.92 Å². The molecule has 8 heteroatoms. The molecule has 0 radical (unpaired) electrons. The number of benzene rings is 1. The van der Waals surface area contributed by atoms with Crippen molar-refractivity contribution in [3.63, 3.8) is 0 Å². The monoisotopic (exact) mass is 440 g/mol. The van der Waals surface area contributed by atoms with Gasteiger partial charge in [-0.1, -0.05) is 18.2 Å². The lowest BCUT2D eigenvalue weighted by Crippen LogP contribution is -2.47. The van der Waals surface area contributed by atoms with Crippen LogP contribution in [0.3, 0.4) is 0 Å². The van der Waals surface area contributed by atoms with Crippen LogP contribution in [0, 0.1) is 12.8 Å². The van der Waals surface area contributed by atoms with Gasteiger partial charge in [0.25, 0.3) is 0 Å². The number of anilines is 1. The van der Waals surface area contributed by atoms with Gasteiger partial charge in [0.15, 0.2) is 0 Å². The van der Waals surface area contributed by atoms with Crippen LogP contribution < -0.4 is 10.6 Å². The Morgan fingerprint density at radius 3 is 2.90 bits per heavy atom. The van der Waals surface area contributed by atoms with Crippen molar-refractivity contribution in [3.05, 3.63) is 57.0 Å². The van der Waals surface area contributed by atoms with Gasteiger partial charge in [-0.3, -0.25) is 4.79 Å². The number of hydrogen-bond acceptors (Lipinski definition) is 5. The van der Waals surface area contributed by atoms with Crippen LogP contribution in [0.5, 0.6) is 0 Å². The minimum absolute atomic E-state index is 0.0441. The van der Waals surface area contributed by atoms with E-state index in [1.807, 2.05) is 54.1 Å². The van der Waals surface area contributed by atoms with Crippen molar-refractivity contribution in [2.45, 2.75) is 26.3 Å². The molecule has 2 aromatic heterocycles. The number of rotatable bonds is 5. The van der Waals surface area contributed by atoms with E-state index in [0.717, 1.165) is 39.7 Å². The molecule has 3 amide bonds. The molecule has 6 nitrogen and oxygen atoms in total. The highest BCUT2D eigenvalue weighted by atomic mass is 32.1. The number of nitrogens with one attached hydrogen (secondary N) is 2. The van der Waals surface area contributed by atoms with Gasteiger partial charge in [0.1, 0.15) is 0 Å². The number of likely N-dealkylation sites (tertiary alicyclic amines) is 1. The molecule has 0 spiro atoms. The first kappa shape index (κ1) is 20.6. The Morgan fingerprint density at radius 1 is 1.23 bits per heavy atom. The summed E-state index contributed by atoms with van der Waals surface area (Å²) >= 11 is 3.22. The van der Waals surface area contributed by atoms with Gasteiger partial charge in [-0.2, -0.15) is 0 Å². The van der Waals surface area contributed by atoms with Gasteiger partial charge in [0.2, 0.25) is 5.91 Å². The van der Waals surface area contributed by atoms with Crippen LogP contribution in [0.25, 0.3) is 11.3 Å². The van der Waals surface area contributed by atoms with E-state index >= 15 is 0 Å². The van der Waals surface area contributed by atoms with E-state index in [1.165, 1.54) is 0 Å². The summed E-state index contributed by atoms with van der Waals surface area (Å²) in [5.74, 6) is -0.256. The summed E-state index contributed by atoms with van der Waals surface area (Å²) in [5, 5.41) is 11.0. The summed E-state index contributed by atoms with van der Waals surface area (Å²) in [6.07, 6.45) is 1.61. The van der Waals surface area contributed by atoms with Crippen LogP contribution in [0.15, 0.2) is 47.2 Å². The smallest absolute Gasteiger partial charge is 0.317 e. The van der Waals surface area contributed by atoms with Crippen molar-refractivity contribution in [3.8, 4) is 11.3 Å². The summed E-state index contributed by atoms with van der Waals surface area (Å²) in [6.45, 7) is 3.61. The molecule has 0 bridgehead atoms. The molecule has 1 saturated heterocycles. The van der Waals surface area contributed by atoms with Gasteiger partial charge >= 0.3 is 6.03 Å². The Morgan fingerprint density at radius 2 is 2.13 bits per heavy atom. The number of nitrogens with zero attached hydrogens (tertiary/aromatic N) is 2. The highest BCUT2D eigenvalue weighted by Gasteiger charge is 2.28. The number of carbonyl (C=O) groups is 2. The van der Waals surface area contributed by atoms with Gasteiger partial charge in [-0.05, 0) is 43.3 Å². The second kappa shape index (κ2) is 9.40. The van der Waals surface area contributed by atoms with Crippen LogP contribution in [0.2, 0.25) is 0 Å².